The first-order valence-electron chi connectivity index (χ1n) is 16.4. The summed E-state index contributed by atoms with van der Waals surface area (Å²) in [5.41, 5.74) is 5.87. The lowest BCUT2D eigenvalue weighted by Crippen LogP contribution is -2.61. The summed E-state index contributed by atoms with van der Waals surface area (Å²) in [6.07, 6.45) is 3.38. The molecule has 3 aromatic rings. The van der Waals surface area contributed by atoms with Gasteiger partial charge in [0.15, 0.2) is 5.82 Å². The summed E-state index contributed by atoms with van der Waals surface area (Å²) in [6.45, 7) is 6.44. The quantitative estimate of drug-likeness (QED) is 0.162. The molecule has 5 fully saturated rings. The third kappa shape index (κ3) is 5.30. The first-order chi connectivity index (χ1) is 22.1. The summed E-state index contributed by atoms with van der Waals surface area (Å²) < 4.78 is 68.7. The van der Waals surface area contributed by atoms with Crippen molar-refractivity contribution in [3.8, 4) is 16.9 Å². The largest absolute Gasteiger partial charge is 0.508 e. The number of halogens is 4. The molecule has 8 rings (SSSR count). The molecular weight excluding hydrogens is 598 g/mol. The molecule has 5 aliphatic heterocycles. The molecule has 3 unspecified atom stereocenters. The smallest absolute Gasteiger partial charge is 0.287 e. The van der Waals surface area contributed by atoms with Gasteiger partial charge in [0.1, 0.15) is 35.8 Å². The van der Waals surface area contributed by atoms with Crippen LogP contribution >= 0.6 is 0 Å². The molecule has 0 spiro atoms. The molecule has 2 bridgehead atoms. The maximum absolute atomic E-state index is 17.0. The maximum Gasteiger partial charge on any atom is 0.287 e. The highest BCUT2D eigenvalue weighted by Gasteiger charge is 2.49. The van der Waals surface area contributed by atoms with E-state index < -0.39 is 40.8 Å². The molecule has 0 radical (unpaired) electrons. The van der Waals surface area contributed by atoms with Crippen LogP contribution in [0.5, 0.6) is 5.75 Å². The number of amidine groups is 1. The number of aromatic hydroxyl groups is 1. The number of benzene rings is 3. The summed E-state index contributed by atoms with van der Waals surface area (Å²) in [5, 5.41) is 14.9. The Kier molecular flexibility index (Phi) is 8.13. The van der Waals surface area contributed by atoms with Crippen molar-refractivity contribution in [2.45, 2.75) is 82.2 Å². The van der Waals surface area contributed by atoms with Crippen LogP contribution in [0.25, 0.3) is 21.9 Å². The van der Waals surface area contributed by atoms with Crippen molar-refractivity contribution in [3.63, 3.8) is 0 Å². The number of phenols is 1. The van der Waals surface area contributed by atoms with Gasteiger partial charge in [0.05, 0.1) is 11.1 Å². The van der Waals surface area contributed by atoms with E-state index in [-0.39, 0.29) is 47.7 Å². The van der Waals surface area contributed by atoms with Crippen LogP contribution < -0.4 is 11.1 Å². The molecule has 5 aliphatic rings. The van der Waals surface area contributed by atoms with Crippen molar-refractivity contribution in [2.24, 2.45) is 10.7 Å². The molecule has 46 heavy (non-hydrogen) atoms. The second kappa shape index (κ2) is 12.0. The Labute approximate surface area is 266 Å². The number of alkyl halides is 1. The molecular formula is C35H41F4N5O2. The minimum atomic E-state index is -0.975. The van der Waals surface area contributed by atoms with Gasteiger partial charge in [-0.1, -0.05) is 13.0 Å². The van der Waals surface area contributed by atoms with Crippen LogP contribution in [-0.2, 0) is 11.2 Å². The van der Waals surface area contributed by atoms with E-state index >= 15 is 13.2 Å². The highest BCUT2D eigenvalue weighted by Crippen LogP contribution is 2.45. The number of ether oxygens (including phenoxy) is 1. The SMILES string of the molecule is CCc1c(F)ccc2cc(O)cc(-c3c(F)cc(C(C)N4CC5CC[C@H]4CN5)c(N=C(N)OC[C@@]45CCCN4CC(F)C5)c3F)c12. The first kappa shape index (κ1) is 31.2. The zero-order valence-corrected chi connectivity index (χ0v) is 26.3. The Morgan fingerprint density at radius 1 is 1.17 bits per heavy atom. The molecule has 0 aliphatic carbocycles. The normalized spacial score (nSPS) is 27.4. The Hall–Kier alpha value is -3.41. The topological polar surface area (TPSA) is 86.3 Å². The number of phenolic OH excluding ortho intramolecular Hbond substituents is 1. The fourth-order valence-corrected chi connectivity index (χ4v) is 8.54. The Morgan fingerprint density at radius 2 is 2.00 bits per heavy atom. The van der Waals surface area contributed by atoms with E-state index in [1.54, 1.807) is 6.92 Å². The molecule has 0 amide bonds. The third-order valence-electron chi connectivity index (χ3n) is 10.8. The van der Waals surface area contributed by atoms with Gasteiger partial charge in [0.2, 0.25) is 0 Å². The Bertz CT molecular complexity index is 1690. The second-order valence-electron chi connectivity index (χ2n) is 13.5. The number of piperidine rings is 2. The minimum absolute atomic E-state index is 0.0261. The molecule has 5 atom stereocenters. The summed E-state index contributed by atoms with van der Waals surface area (Å²) >= 11 is 0. The predicted molar refractivity (Wildman–Crippen MR) is 171 cm³/mol. The number of piperazine rings is 1. The van der Waals surface area contributed by atoms with Crippen LogP contribution in [0.15, 0.2) is 35.3 Å². The molecule has 5 heterocycles. The molecule has 0 aromatic heterocycles. The number of fused-ring (bicyclic) bond motifs is 5. The number of rotatable bonds is 7. The summed E-state index contributed by atoms with van der Waals surface area (Å²) in [6, 6.07) is 6.56. The number of aryl methyl sites for hydroxylation is 1. The molecule has 0 saturated carbocycles. The number of aliphatic imine (C=N–C) groups is 1. The van der Waals surface area contributed by atoms with Gasteiger partial charge in [-0.05, 0) is 91.7 Å². The van der Waals surface area contributed by atoms with Crippen molar-refractivity contribution >= 4 is 22.5 Å². The van der Waals surface area contributed by atoms with Crippen LogP contribution in [0.3, 0.4) is 0 Å². The zero-order valence-electron chi connectivity index (χ0n) is 26.3. The van der Waals surface area contributed by atoms with Gasteiger partial charge in [0.25, 0.3) is 6.02 Å². The van der Waals surface area contributed by atoms with Gasteiger partial charge in [0, 0.05) is 49.7 Å². The monoisotopic (exact) mass is 639 g/mol. The van der Waals surface area contributed by atoms with Gasteiger partial charge in [-0.2, -0.15) is 4.99 Å². The van der Waals surface area contributed by atoms with E-state index in [1.807, 2.05) is 6.92 Å². The number of nitrogens with zero attached hydrogens (tertiary/aromatic N) is 3. The number of nitrogens with one attached hydrogen (secondary N) is 1. The number of nitrogens with two attached hydrogens (primary N) is 1. The summed E-state index contributed by atoms with van der Waals surface area (Å²) in [4.78, 5) is 8.79. The van der Waals surface area contributed by atoms with Crippen molar-refractivity contribution in [3.05, 3.63) is 58.9 Å². The van der Waals surface area contributed by atoms with Gasteiger partial charge in [-0.3, -0.25) is 9.80 Å². The number of hydrogen-bond acceptors (Lipinski definition) is 6. The molecule has 5 saturated heterocycles. The van der Waals surface area contributed by atoms with Gasteiger partial charge in [-0.15, -0.1) is 0 Å². The average Bonchev–Trinajstić information content (AvgIpc) is 3.57. The second-order valence-corrected chi connectivity index (χ2v) is 13.5. The van der Waals surface area contributed by atoms with Crippen LogP contribution in [0.1, 0.15) is 63.1 Å². The van der Waals surface area contributed by atoms with Gasteiger partial charge < -0.3 is 20.9 Å². The Balaban J connectivity index is 1.35. The average molecular weight is 640 g/mol. The van der Waals surface area contributed by atoms with Crippen molar-refractivity contribution in [2.75, 3.05) is 32.8 Å². The van der Waals surface area contributed by atoms with Gasteiger partial charge in [-0.25, -0.2) is 17.6 Å². The maximum atomic E-state index is 17.0. The van der Waals surface area contributed by atoms with Gasteiger partial charge >= 0.3 is 0 Å². The van der Waals surface area contributed by atoms with E-state index in [0.717, 1.165) is 45.3 Å². The van der Waals surface area contributed by atoms with E-state index in [4.69, 9.17) is 10.5 Å². The summed E-state index contributed by atoms with van der Waals surface area (Å²) in [5.74, 6) is -2.53. The van der Waals surface area contributed by atoms with Crippen LogP contribution in [0.4, 0.5) is 23.2 Å². The molecule has 11 heteroatoms. The molecule has 7 nitrogen and oxygen atoms in total. The standard InChI is InChI=1S/C35H41F4N5O2/c1-3-25-28(37)8-5-20-11-24(45)12-27(30(20)25)31-29(38)13-26(19(2)44-17-22-6-7-23(44)15-41-22)33(32(31)39)42-34(40)46-18-35-9-4-10-43(35)16-21(36)14-35/h5,8,11-13,19,21-23,41,45H,3-4,6-7,9-10,14-18H2,1-2H3,(H2,40,42)/t19?,21?,22?,23-,35-/m0/s1. The van der Waals surface area contributed by atoms with Crippen LogP contribution in [-0.4, -0.2) is 77.5 Å². The van der Waals surface area contributed by atoms with E-state index in [0.29, 0.717) is 35.3 Å². The highest BCUT2D eigenvalue weighted by atomic mass is 19.1. The predicted octanol–water partition coefficient (Wildman–Crippen LogP) is 6.23. The minimum Gasteiger partial charge on any atom is -0.508 e. The Morgan fingerprint density at radius 3 is 2.72 bits per heavy atom. The van der Waals surface area contributed by atoms with E-state index in [1.165, 1.54) is 30.3 Å². The third-order valence-corrected chi connectivity index (χ3v) is 10.8. The van der Waals surface area contributed by atoms with Crippen molar-refractivity contribution in [1.29, 1.82) is 0 Å². The lowest BCUT2D eigenvalue weighted by atomic mass is 9.88. The van der Waals surface area contributed by atoms with Crippen molar-refractivity contribution in [1.82, 2.24) is 15.1 Å². The first-order valence-corrected chi connectivity index (χ1v) is 16.4. The van der Waals surface area contributed by atoms with Crippen LogP contribution in [0, 0.1) is 17.5 Å². The molecule has 3 aromatic carbocycles. The highest BCUT2D eigenvalue weighted by molar-refractivity contribution is 6.01. The number of hydrogen-bond donors (Lipinski definition) is 3. The van der Waals surface area contributed by atoms with Crippen LogP contribution in [0.2, 0.25) is 0 Å². The van der Waals surface area contributed by atoms with E-state index in [9.17, 15) is 9.50 Å². The van der Waals surface area contributed by atoms with E-state index in [2.05, 4.69) is 20.1 Å². The lowest BCUT2D eigenvalue weighted by molar-refractivity contribution is 0.0422. The zero-order chi connectivity index (χ0) is 32.3. The fraction of sp³-hybridized carbons (Fsp3) is 0.514. The lowest BCUT2D eigenvalue weighted by Gasteiger charge is -2.48. The molecule has 4 N–H and O–H groups in total. The fourth-order valence-electron chi connectivity index (χ4n) is 8.54. The van der Waals surface area contributed by atoms with Crippen molar-refractivity contribution < 1.29 is 27.4 Å². The molecule has 246 valence electrons. The summed E-state index contributed by atoms with van der Waals surface area (Å²) in [7, 11) is 0.